The minimum Gasteiger partial charge on any atom is -0.512 e. The van der Waals surface area contributed by atoms with Gasteiger partial charge in [-0.2, -0.15) is 21.6 Å². The summed E-state index contributed by atoms with van der Waals surface area (Å²) < 4.78 is 59.7. The number of aliphatic hydroxyl groups excluding tert-OH is 1. The number of hydrogen-bond acceptors (Lipinski definition) is 4. The SMILES string of the molecule is C=C(/C=C(/O)CC)OS(=O)(=O)C(F)(F)F. The maximum absolute atomic E-state index is 11.8. The lowest BCUT2D eigenvalue weighted by atomic mass is 10.3. The molecular formula is C7H9F3O4S. The van der Waals surface area contributed by atoms with E-state index in [1.165, 1.54) is 6.92 Å². The van der Waals surface area contributed by atoms with Gasteiger partial charge in [-0.3, -0.25) is 0 Å². The highest BCUT2D eigenvalue weighted by molar-refractivity contribution is 7.87. The first-order valence-electron chi connectivity index (χ1n) is 3.69. The van der Waals surface area contributed by atoms with Crippen LogP contribution in [0.5, 0.6) is 0 Å². The van der Waals surface area contributed by atoms with Crippen LogP contribution in [-0.2, 0) is 14.3 Å². The fraction of sp³-hybridized carbons (Fsp3) is 0.429. The van der Waals surface area contributed by atoms with Gasteiger partial charge >= 0.3 is 15.6 Å². The van der Waals surface area contributed by atoms with Crippen LogP contribution in [0.2, 0.25) is 0 Å². The lowest BCUT2D eigenvalue weighted by Gasteiger charge is -2.09. The Morgan fingerprint density at radius 1 is 1.53 bits per heavy atom. The monoisotopic (exact) mass is 246 g/mol. The van der Waals surface area contributed by atoms with Gasteiger partial charge in [0.1, 0.15) is 5.76 Å². The van der Waals surface area contributed by atoms with Gasteiger partial charge in [0.2, 0.25) is 0 Å². The maximum atomic E-state index is 11.8. The molecule has 4 nitrogen and oxygen atoms in total. The molecule has 0 radical (unpaired) electrons. The summed E-state index contributed by atoms with van der Waals surface area (Å²) in [6, 6.07) is 0. The highest BCUT2D eigenvalue weighted by Gasteiger charge is 2.48. The average Bonchev–Trinajstić information content (AvgIpc) is 2.00. The minimum absolute atomic E-state index is 0.119. The lowest BCUT2D eigenvalue weighted by molar-refractivity contribution is -0.0519. The van der Waals surface area contributed by atoms with Gasteiger partial charge in [-0.25, -0.2) is 0 Å². The molecule has 0 aromatic carbocycles. The molecule has 8 heteroatoms. The highest BCUT2D eigenvalue weighted by atomic mass is 32.2. The van der Waals surface area contributed by atoms with Gasteiger partial charge in [0.25, 0.3) is 0 Å². The molecule has 0 unspecified atom stereocenters. The molecule has 0 aliphatic carbocycles. The molecule has 0 aliphatic heterocycles. The molecule has 0 rings (SSSR count). The van der Waals surface area contributed by atoms with Crippen molar-refractivity contribution in [2.24, 2.45) is 0 Å². The number of halogens is 3. The Kier molecular flexibility index (Phi) is 4.20. The molecule has 0 aliphatic rings. The Labute approximate surface area is 84.8 Å². The fourth-order valence-corrected chi connectivity index (χ4v) is 0.925. The van der Waals surface area contributed by atoms with E-state index in [4.69, 9.17) is 5.11 Å². The van der Waals surface area contributed by atoms with Crippen molar-refractivity contribution in [2.75, 3.05) is 0 Å². The predicted octanol–water partition coefficient (Wildman–Crippen LogP) is 2.22. The first-order chi connectivity index (χ1) is 6.60. The number of aliphatic hydroxyl groups is 1. The van der Waals surface area contributed by atoms with Crippen LogP contribution < -0.4 is 0 Å². The smallest absolute Gasteiger partial charge is 0.512 e. The van der Waals surface area contributed by atoms with Crippen LogP contribution in [0.15, 0.2) is 24.2 Å². The molecule has 0 fully saturated rings. The number of allylic oxidation sites excluding steroid dienone is 2. The van der Waals surface area contributed by atoms with Crippen molar-refractivity contribution in [3.8, 4) is 0 Å². The summed E-state index contributed by atoms with van der Waals surface area (Å²) in [5.41, 5.74) is -5.51. The van der Waals surface area contributed by atoms with Crippen LogP contribution in [0.25, 0.3) is 0 Å². The molecule has 0 saturated heterocycles. The second-order valence-electron chi connectivity index (χ2n) is 2.44. The average molecular weight is 246 g/mol. The van der Waals surface area contributed by atoms with Crippen molar-refractivity contribution < 1.29 is 30.9 Å². The van der Waals surface area contributed by atoms with Gasteiger partial charge in [-0.1, -0.05) is 13.5 Å². The highest BCUT2D eigenvalue weighted by Crippen LogP contribution is 2.26. The van der Waals surface area contributed by atoms with Crippen molar-refractivity contribution in [1.29, 1.82) is 0 Å². The standard InChI is InChI=1S/C7H9F3O4S/c1-3-6(11)4-5(2)14-15(12,13)7(8,9)10/h4,11H,2-3H2,1H3/b6-4+. The fourth-order valence-electron chi connectivity index (χ4n) is 0.500. The molecular weight excluding hydrogens is 237 g/mol. The third-order valence-electron chi connectivity index (χ3n) is 1.19. The summed E-state index contributed by atoms with van der Waals surface area (Å²) in [4.78, 5) is 0. The number of hydrogen-bond donors (Lipinski definition) is 1. The molecule has 0 spiro atoms. The Balaban J connectivity index is 4.72. The maximum Gasteiger partial charge on any atom is 0.534 e. The summed E-state index contributed by atoms with van der Waals surface area (Å²) in [5.74, 6) is -1.14. The van der Waals surface area contributed by atoms with Crippen molar-refractivity contribution >= 4 is 10.1 Å². The molecule has 0 aromatic heterocycles. The molecule has 0 bridgehead atoms. The first kappa shape index (κ1) is 13.8. The van der Waals surface area contributed by atoms with Gasteiger partial charge in [0.05, 0.1) is 5.76 Å². The van der Waals surface area contributed by atoms with E-state index < -0.39 is 21.4 Å². The van der Waals surface area contributed by atoms with Gasteiger partial charge < -0.3 is 9.29 Å². The second-order valence-corrected chi connectivity index (χ2v) is 3.98. The topological polar surface area (TPSA) is 63.6 Å². The minimum atomic E-state index is -5.71. The van der Waals surface area contributed by atoms with Crippen LogP contribution in [0, 0.1) is 0 Å². The van der Waals surface area contributed by atoms with Crippen molar-refractivity contribution in [2.45, 2.75) is 18.9 Å². The number of rotatable bonds is 4. The number of alkyl halides is 3. The van der Waals surface area contributed by atoms with E-state index in [-0.39, 0.29) is 12.2 Å². The van der Waals surface area contributed by atoms with E-state index in [1.54, 1.807) is 0 Å². The molecule has 1 N–H and O–H groups in total. The Morgan fingerprint density at radius 3 is 2.33 bits per heavy atom. The van der Waals surface area contributed by atoms with E-state index in [0.717, 1.165) is 0 Å². The van der Waals surface area contributed by atoms with E-state index in [1.807, 2.05) is 0 Å². The van der Waals surface area contributed by atoms with Gasteiger partial charge in [0, 0.05) is 12.5 Å². The molecule has 0 amide bonds. The van der Waals surface area contributed by atoms with Gasteiger partial charge in [-0.15, -0.1) is 0 Å². The molecule has 15 heavy (non-hydrogen) atoms. The van der Waals surface area contributed by atoms with Gasteiger partial charge in [0.15, 0.2) is 0 Å². The van der Waals surface area contributed by atoms with Crippen LogP contribution in [0.1, 0.15) is 13.3 Å². The molecule has 0 saturated carbocycles. The van der Waals surface area contributed by atoms with Crippen molar-refractivity contribution in [1.82, 2.24) is 0 Å². The van der Waals surface area contributed by atoms with Crippen LogP contribution in [0.3, 0.4) is 0 Å². The quantitative estimate of drug-likeness (QED) is 0.357. The van der Waals surface area contributed by atoms with E-state index in [2.05, 4.69) is 10.8 Å². The largest absolute Gasteiger partial charge is 0.534 e. The van der Waals surface area contributed by atoms with Crippen molar-refractivity contribution in [3.05, 3.63) is 24.2 Å². The Bertz CT molecular complexity index is 366. The lowest BCUT2D eigenvalue weighted by Crippen LogP contribution is -2.24. The van der Waals surface area contributed by atoms with E-state index >= 15 is 0 Å². The zero-order chi connectivity index (χ0) is 12.3. The summed E-state index contributed by atoms with van der Waals surface area (Å²) >= 11 is 0. The van der Waals surface area contributed by atoms with Crippen LogP contribution in [0.4, 0.5) is 13.2 Å². The van der Waals surface area contributed by atoms with E-state index in [9.17, 15) is 21.6 Å². The predicted molar refractivity (Wildman–Crippen MR) is 46.2 cm³/mol. The summed E-state index contributed by atoms with van der Waals surface area (Å²) in [6.07, 6.45) is 0.817. The normalized spacial score (nSPS) is 13.7. The Hall–Kier alpha value is -1.18. The van der Waals surface area contributed by atoms with Crippen LogP contribution >= 0.6 is 0 Å². The first-order valence-corrected chi connectivity index (χ1v) is 5.10. The second kappa shape index (κ2) is 4.56. The summed E-state index contributed by atoms with van der Waals surface area (Å²) in [5, 5.41) is 8.87. The third-order valence-corrected chi connectivity index (χ3v) is 2.19. The zero-order valence-corrected chi connectivity index (χ0v) is 8.52. The molecule has 0 atom stereocenters. The molecule has 0 aromatic rings. The zero-order valence-electron chi connectivity index (χ0n) is 7.71. The van der Waals surface area contributed by atoms with Gasteiger partial charge in [-0.05, 0) is 0 Å². The molecule has 88 valence electrons. The summed E-state index contributed by atoms with van der Waals surface area (Å²) in [6.45, 7) is 4.41. The van der Waals surface area contributed by atoms with Crippen LogP contribution in [-0.4, -0.2) is 19.0 Å². The van der Waals surface area contributed by atoms with E-state index in [0.29, 0.717) is 6.08 Å². The molecule has 0 heterocycles. The third kappa shape index (κ3) is 4.24. The summed E-state index contributed by atoms with van der Waals surface area (Å²) in [7, 11) is -5.71. The Morgan fingerprint density at radius 2 is 2.00 bits per heavy atom. The van der Waals surface area contributed by atoms with Crippen molar-refractivity contribution in [3.63, 3.8) is 0 Å².